The maximum absolute atomic E-state index is 13.7. The average molecular weight is 407 g/mol. The molecule has 0 saturated carbocycles. The van der Waals surface area contributed by atoms with Crippen molar-refractivity contribution in [3.63, 3.8) is 0 Å². The minimum absolute atomic E-state index is 0.421. The number of aromatic nitrogens is 2. The van der Waals surface area contributed by atoms with Gasteiger partial charge in [0.25, 0.3) is 0 Å². The molecule has 0 saturated heterocycles. The molecule has 0 aliphatic carbocycles. The van der Waals surface area contributed by atoms with Crippen molar-refractivity contribution in [2.75, 3.05) is 12.4 Å². The molecule has 0 unspecified atom stereocenters. The summed E-state index contributed by atoms with van der Waals surface area (Å²) in [6, 6.07) is 9.00. The van der Waals surface area contributed by atoms with Crippen molar-refractivity contribution < 1.29 is 22.7 Å². The van der Waals surface area contributed by atoms with Gasteiger partial charge in [0.05, 0.1) is 18.0 Å². The van der Waals surface area contributed by atoms with E-state index in [2.05, 4.69) is 10.3 Å². The zero-order chi connectivity index (χ0) is 20.3. The summed E-state index contributed by atoms with van der Waals surface area (Å²) in [5.41, 5.74) is 0.398. The summed E-state index contributed by atoms with van der Waals surface area (Å²) in [4.78, 5) is 16.6. The lowest BCUT2D eigenvalue weighted by atomic mass is 10.2. The standard InChI is InChI=1S/C19H16F3N3O2S/c1-11(18(26)24-15-8-7-14(20)16(21)17(15)22)28-19-23-9-10-25(19)12-3-5-13(27-2)6-4-12/h3-11H,1-2H3,(H,24,26)/t11-/m1/s1. The molecule has 9 heteroatoms. The fourth-order valence-corrected chi connectivity index (χ4v) is 3.27. The Bertz CT molecular complexity index is 993. The Morgan fingerprint density at radius 2 is 1.86 bits per heavy atom. The summed E-state index contributed by atoms with van der Waals surface area (Å²) < 4.78 is 47.0. The van der Waals surface area contributed by atoms with Crippen molar-refractivity contribution in [3.8, 4) is 11.4 Å². The summed E-state index contributed by atoms with van der Waals surface area (Å²) in [5, 5.41) is 2.14. The van der Waals surface area contributed by atoms with Crippen molar-refractivity contribution in [1.82, 2.24) is 9.55 Å². The number of methoxy groups -OCH3 is 1. The predicted octanol–water partition coefficient (Wildman–Crippen LogP) is 4.42. The molecule has 0 fully saturated rings. The van der Waals surface area contributed by atoms with Crippen LogP contribution in [-0.2, 0) is 4.79 Å². The monoisotopic (exact) mass is 407 g/mol. The van der Waals surface area contributed by atoms with Crippen molar-refractivity contribution in [2.45, 2.75) is 17.3 Å². The maximum atomic E-state index is 13.7. The SMILES string of the molecule is COc1ccc(-n2ccnc2S[C@H](C)C(=O)Nc2ccc(F)c(F)c2F)cc1. The fourth-order valence-electron chi connectivity index (χ4n) is 2.38. The third-order valence-electron chi connectivity index (χ3n) is 3.90. The molecule has 0 spiro atoms. The number of benzene rings is 2. The number of thioether (sulfide) groups is 1. The Labute approximate surface area is 163 Å². The number of rotatable bonds is 6. The normalized spacial score (nSPS) is 11.9. The third kappa shape index (κ3) is 4.14. The highest BCUT2D eigenvalue weighted by molar-refractivity contribution is 8.00. The second-order valence-electron chi connectivity index (χ2n) is 5.75. The third-order valence-corrected chi connectivity index (χ3v) is 4.98. The van der Waals surface area contributed by atoms with E-state index >= 15 is 0 Å². The molecule has 5 nitrogen and oxygen atoms in total. The first kappa shape index (κ1) is 19.8. The van der Waals surface area contributed by atoms with Crippen LogP contribution in [0.2, 0.25) is 0 Å². The van der Waals surface area contributed by atoms with Gasteiger partial charge in [-0.25, -0.2) is 18.2 Å². The molecule has 3 rings (SSSR count). The van der Waals surface area contributed by atoms with Gasteiger partial charge in [0.15, 0.2) is 22.6 Å². The van der Waals surface area contributed by atoms with E-state index in [0.29, 0.717) is 10.9 Å². The lowest BCUT2D eigenvalue weighted by molar-refractivity contribution is -0.115. The van der Waals surface area contributed by atoms with Gasteiger partial charge in [0.1, 0.15) is 5.75 Å². The van der Waals surface area contributed by atoms with E-state index in [0.717, 1.165) is 29.6 Å². The van der Waals surface area contributed by atoms with Gasteiger partial charge in [0, 0.05) is 18.1 Å². The molecule has 146 valence electrons. The van der Waals surface area contributed by atoms with Crippen LogP contribution in [0.25, 0.3) is 5.69 Å². The number of carbonyl (C=O) groups is 1. The number of hydrogen-bond acceptors (Lipinski definition) is 4. The molecule has 1 atom stereocenters. The maximum Gasteiger partial charge on any atom is 0.237 e. The minimum Gasteiger partial charge on any atom is -0.497 e. The Hall–Kier alpha value is -2.94. The largest absolute Gasteiger partial charge is 0.497 e. The number of nitrogens with zero attached hydrogens (tertiary/aromatic N) is 2. The zero-order valence-corrected chi connectivity index (χ0v) is 15.8. The Kier molecular flexibility index (Phi) is 5.93. The van der Waals surface area contributed by atoms with Crippen LogP contribution in [0.3, 0.4) is 0 Å². The van der Waals surface area contributed by atoms with Crippen LogP contribution in [0, 0.1) is 17.5 Å². The molecule has 28 heavy (non-hydrogen) atoms. The highest BCUT2D eigenvalue weighted by atomic mass is 32.2. The van der Waals surface area contributed by atoms with Gasteiger partial charge < -0.3 is 10.1 Å². The summed E-state index contributed by atoms with van der Waals surface area (Å²) >= 11 is 1.14. The molecule has 1 heterocycles. The van der Waals surface area contributed by atoms with E-state index in [9.17, 15) is 18.0 Å². The highest BCUT2D eigenvalue weighted by Gasteiger charge is 2.21. The first-order chi connectivity index (χ1) is 13.4. The van der Waals surface area contributed by atoms with Crippen LogP contribution < -0.4 is 10.1 Å². The van der Waals surface area contributed by atoms with Gasteiger partial charge in [-0.1, -0.05) is 11.8 Å². The minimum atomic E-state index is -1.63. The number of halogens is 3. The molecule has 0 aliphatic heterocycles. The fraction of sp³-hybridized carbons (Fsp3) is 0.158. The van der Waals surface area contributed by atoms with E-state index in [1.807, 2.05) is 12.1 Å². The van der Waals surface area contributed by atoms with Crippen LogP contribution in [0.15, 0.2) is 53.9 Å². The summed E-state index contributed by atoms with van der Waals surface area (Å²) in [6.45, 7) is 1.60. The van der Waals surface area contributed by atoms with Crippen molar-refractivity contribution >= 4 is 23.4 Å². The van der Waals surface area contributed by atoms with Crippen LogP contribution in [0.4, 0.5) is 18.9 Å². The Morgan fingerprint density at radius 1 is 1.14 bits per heavy atom. The molecule has 1 aromatic heterocycles. The molecule has 0 aliphatic rings. The van der Waals surface area contributed by atoms with E-state index < -0.39 is 34.3 Å². The number of anilines is 1. The van der Waals surface area contributed by atoms with Crippen molar-refractivity contribution in [2.24, 2.45) is 0 Å². The second kappa shape index (κ2) is 8.39. The number of carbonyl (C=O) groups excluding carboxylic acids is 1. The summed E-state index contributed by atoms with van der Waals surface area (Å²) in [6.07, 6.45) is 3.33. The number of ether oxygens (including phenoxy) is 1. The van der Waals surface area contributed by atoms with Crippen LogP contribution >= 0.6 is 11.8 Å². The topological polar surface area (TPSA) is 56.2 Å². The molecule has 0 radical (unpaired) electrons. The molecular weight excluding hydrogens is 391 g/mol. The molecule has 0 bridgehead atoms. The summed E-state index contributed by atoms with van der Waals surface area (Å²) in [5.74, 6) is -4.25. The smallest absolute Gasteiger partial charge is 0.237 e. The van der Waals surface area contributed by atoms with Gasteiger partial charge in [0.2, 0.25) is 5.91 Å². The molecule has 1 amide bonds. The first-order valence-electron chi connectivity index (χ1n) is 8.19. The predicted molar refractivity (Wildman–Crippen MR) is 100 cm³/mol. The Balaban J connectivity index is 1.73. The van der Waals surface area contributed by atoms with Gasteiger partial charge >= 0.3 is 0 Å². The van der Waals surface area contributed by atoms with E-state index in [-0.39, 0.29) is 0 Å². The van der Waals surface area contributed by atoms with Crippen LogP contribution in [0.5, 0.6) is 5.75 Å². The van der Waals surface area contributed by atoms with Gasteiger partial charge in [-0.3, -0.25) is 9.36 Å². The van der Waals surface area contributed by atoms with Crippen molar-refractivity contribution in [1.29, 1.82) is 0 Å². The highest BCUT2D eigenvalue weighted by Crippen LogP contribution is 2.27. The first-order valence-corrected chi connectivity index (χ1v) is 9.07. The second-order valence-corrected chi connectivity index (χ2v) is 7.06. The van der Waals surface area contributed by atoms with Gasteiger partial charge in [-0.15, -0.1) is 0 Å². The lowest BCUT2D eigenvalue weighted by Crippen LogP contribution is -2.23. The number of nitrogens with one attached hydrogen (secondary N) is 1. The molecule has 2 aromatic carbocycles. The van der Waals surface area contributed by atoms with Gasteiger partial charge in [-0.05, 0) is 43.3 Å². The number of amides is 1. The Morgan fingerprint density at radius 3 is 2.54 bits per heavy atom. The molecule has 1 N–H and O–H groups in total. The van der Waals surface area contributed by atoms with E-state index in [1.165, 1.54) is 0 Å². The quantitative estimate of drug-likeness (QED) is 0.486. The van der Waals surface area contributed by atoms with E-state index in [1.54, 1.807) is 43.1 Å². The molecular formula is C19H16F3N3O2S. The van der Waals surface area contributed by atoms with Gasteiger partial charge in [-0.2, -0.15) is 0 Å². The van der Waals surface area contributed by atoms with Crippen molar-refractivity contribution in [3.05, 3.63) is 66.2 Å². The van der Waals surface area contributed by atoms with Crippen LogP contribution in [-0.4, -0.2) is 27.8 Å². The molecule has 3 aromatic rings. The van der Waals surface area contributed by atoms with E-state index in [4.69, 9.17) is 4.74 Å². The lowest BCUT2D eigenvalue weighted by Gasteiger charge is -2.14. The average Bonchev–Trinajstić information content (AvgIpc) is 3.16. The zero-order valence-electron chi connectivity index (χ0n) is 14.9. The van der Waals surface area contributed by atoms with Crippen LogP contribution in [0.1, 0.15) is 6.92 Å². The number of hydrogen-bond donors (Lipinski definition) is 1. The number of imidazole rings is 1. The summed E-state index contributed by atoms with van der Waals surface area (Å²) in [7, 11) is 1.57.